The Morgan fingerprint density at radius 1 is 0.413 bits per heavy atom. The molecule has 3 nitrogen and oxygen atoms in total. The van der Waals surface area contributed by atoms with Gasteiger partial charge in [0, 0.05) is 42.3 Å². The lowest BCUT2D eigenvalue weighted by molar-refractivity contribution is 0.660. The molecule has 9 rings (SSSR count). The molecule has 1 aliphatic carbocycles. The number of thiophene rings is 1. The van der Waals surface area contributed by atoms with Crippen molar-refractivity contribution in [3.05, 3.63) is 151 Å². The summed E-state index contributed by atoms with van der Waals surface area (Å²) in [6.45, 7) is 4.68. The lowest BCUT2D eigenvalue weighted by atomic mass is 9.81. The SMILES string of the molecule is CC1(C)c2ccccc2-c2ccc(-c3ccc4sc5cc(-c6nc(-c7ccccc7)nc(-c7ccccc7)n6)ccc5c4c3)cc21. The molecule has 0 bridgehead atoms. The summed E-state index contributed by atoms with van der Waals surface area (Å²) in [6.07, 6.45) is 0. The van der Waals surface area contributed by atoms with Crippen molar-refractivity contribution in [1.29, 1.82) is 0 Å². The van der Waals surface area contributed by atoms with Crippen molar-refractivity contribution in [2.24, 2.45) is 0 Å². The highest BCUT2D eigenvalue weighted by Crippen LogP contribution is 2.49. The van der Waals surface area contributed by atoms with Crippen LogP contribution in [0.2, 0.25) is 0 Å². The predicted octanol–water partition coefficient (Wildman–Crippen LogP) is 11.2. The maximum Gasteiger partial charge on any atom is 0.164 e. The van der Waals surface area contributed by atoms with Crippen molar-refractivity contribution in [1.82, 2.24) is 15.0 Å². The van der Waals surface area contributed by atoms with E-state index in [1.165, 1.54) is 53.6 Å². The van der Waals surface area contributed by atoms with Crippen LogP contribution in [-0.4, -0.2) is 15.0 Å². The van der Waals surface area contributed by atoms with Gasteiger partial charge in [0.15, 0.2) is 17.5 Å². The van der Waals surface area contributed by atoms with E-state index in [0.717, 1.165) is 16.7 Å². The number of rotatable bonds is 4. The summed E-state index contributed by atoms with van der Waals surface area (Å²) in [7, 11) is 0. The molecular formula is C42H29N3S. The van der Waals surface area contributed by atoms with Crippen LogP contribution in [0.5, 0.6) is 0 Å². The quantitative estimate of drug-likeness (QED) is 0.200. The number of benzene rings is 6. The maximum absolute atomic E-state index is 4.95. The van der Waals surface area contributed by atoms with Crippen LogP contribution in [0.25, 0.3) is 76.6 Å². The molecule has 8 aromatic rings. The Balaban J connectivity index is 1.13. The number of nitrogens with zero attached hydrogens (tertiary/aromatic N) is 3. The van der Waals surface area contributed by atoms with Gasteiger partial charge in [-0.3, -0.25) is 0 Å². The average molecular weight is 608 g/mol. The van der Waals surface area contributed by atoms with Crippen molar-refractivity contribution in [2.45, 2.75) is 19.3 Å². The molecule has 1 aliphatic rings. The second-order valence-electron chi connectivity index (χ2n) is 12.5. The molecule has 46 heavy (non-hydrogen) atoms. The Morgan fingerprint density at radius 3 is 1.70 bits per heavy atom. The molecule has 0 saturated heterocycles. The van der Waals surface area contributed by atoms with E-state index in [4.69, 9.17) is 15.0 Å². The molecule has 0 saturated carbocycles. The first-order chi connectivity index (χ1) is 22.5. The van der Waals surface area contributed by atoms with Gasteiger partial charge >= 0.3 is 0 Å². The largest absolute Gasteiger partial charge is 0.208 e. The highest BCUT2D eigenvalue weighted by molar-refractivity contribution is 7.25. The highest BCUT2D eigenvalue weighted by Gasteiger charge is 2.35. The van der Waals surface area contributed by atoms with Gasteiger partial charge in [-0.2, -0.15) is 0 Å². The summed E-state index contributed by atoms with van der Waals surface area (Å²) in [5, 5.41) is 2.53. The van der Waals surface area contributed by atoms with E-state index in [9.17, 15) is 0 Å². The monoisotopic (exact) mass is 607 g/mol. The van der Waals surface area contributed by atoms with Gasteiger partial charge in [-0.1, -0.05) is 129 Å². The summed E-state index contributed by atoms with van der Waals surface area (Å²) in [4.78, 5) is 14.8. The van der Waals surface area contributed by atoms with Crippen LogP contribution in [0.1, 0.15) is 25.0 Å². The second kappa shape index (κ2) is 10.3. The molecule has 0 amide bonds. The summed E-state index contributed by atoms with van der Waals surface area (Å²) < 4.78 is 2.49. The lowest BCUT2D eigenvalue weighted by Crippen LogP contribution is -2.14. The Kier molecular flexibility index (Phi) is 6.02. The summed E-state index contributed by atoms with van der Waals surface area (Å²) in [6, 6.07) is 49.6. The average Bonchev–Trinajstić information content (AvgIpc) is 3.59. The zero-order chi connectivity index (χ0) is 30.8. The summed E-state index contributed by atoms with van der Waals surface area (Å²) in [5.74, 6) is 2.02. The smallest absolute Gasteiger partial charge is 0.164 e. The first kappa shape index (κ1) is 26.9. The van der Waals surface area contributed by atoms with Crippen molar-refractivity contribution in [2.75, 3.05) is 0 Å². The van der Waals surface area contributed by atoms with E-state index in [0.29, 0.717) is 17.5 Å². The standard InChI is InChI=1S/C42H29N3S/c1-42(2)35-16-10-9-15-31(35)32-20-17-29(24-36(32)42)28-19-22-37-34(23-28)33-21-18-30(25-38(33)46-37)41-44-39(26-11-5-3-6-12-26)43-40(45-41)27-13-7-4-8-14-27/h3-25H,1-2H3. The molecule has 2 aromatic heterocycles. The van der Waals surface area contributed by atoms with Gasteiger partial charge in [0.2, 0.25) is 0 Å². The van der Waals surface area contributed by atoms with Crippen LogP contribution in [-0.2, 0) is 5.41 Å². The molecule has 0 atom stereocenters. The normalized spacial score (nSPS) is 13.2. The molecule has 2 heterocycles. The summed E-state index contributed by atoms with van der Waals surface area (Å²) >= 11 is 1.82. The first-order valence-corrected chi connectivity index (χ1v) is 16.4. The van der Waals surface area contributed by atoms with E-state index in [1.54, 1.807) is 0 Å². The van der Waals surface area contributed by atoms with Crippen molar-refractivity contribution in [3.8, 4) is 56.4 Å². The van der Waals surface area contributed by atoms with Gasteiger partial charge in [-0.25, -0.2) is 15.0 Å². The molecule has 218 valence electrons. The Labute approximate surface area is 271 Å². The fourth-order valence-electron chi connectivity index (χ4n) is 6.92. The third-order valence-electron chi connectivity index (χ3n) is 9.35. The Hall–Kier alpha value is -5.45. The van der Waals surface area contributed by atoms with Crippen LogP contribution in [0.4, 0.5) is 0 Å². The number of hydrogen-bond donors (Lipinski definition) is 0. The van der Waals surface area contributed by atoms with Crippen molar-refractivity contribution in [3.63, 3.8) is 0 Å². The topological polar surface area (TPSA) is 38.7 Å². The number of aromatic nitrogens is 3. The highest BCUT2D eigenvalue weighted by atomic mass is 32.1. The molecular weight excluding hydrogens is 579 g/mol. The van der Waals surface area contributed by atoms with Gasteiger partial charge < -0.3 is 0 Å². The van der Waals surface area contributed by atoms with Gasteiger partial charge in [-0.15, -0.1) is 11.3 Å². The number of fused-ring (bicyclic) bond motifs is 6. The second-order valence-corrected chi connectivity index (χ2v) is 13.6. The van der Waals surface area contributed by atoms with Gasteiger partial charge in [0.25, 0.3) is 0 Å². The molecule has 0 radical (unpaired) electrons. The zero-order valence-corrected chi connectivity index (χ0v) is 26.3. The van der Waals surface area contributed by atoms with Crippen LogP contribution in [0.15, 0.2) is 140 Å². The number of hydrogen-bond acceptors (Lipinski definition) is 4. The molecule has 6 aromatic carbocycles. The predicted molar refractivity (Wildman–Crippen MR) is 192 cm³/mol. The van der Waals surface area contributed by atoms with Crippen molar-refractivity contribution < 1.29 is 0 Å². The summed E-state index contributed by atoms with van der Waals surface area (Å²) in [5.41, 5.74) is 10.9. The molecule has 4 heteroatoms. The van der Waals surface area contributed by atoms with E-state index >= 15 is 0 Å². The minimum absolute atomic E-state index is 0.0205. The molecule has 0 N–H and O–H groups in total. The zero-order valence-electron chi connectivity index (χ0n) is 25.5. The fourth-order valence-corrected chi connectivity index (χ4v) is 8.04. The van der Waals surface area contributed by atoms with E-state index < -0.39 is 0 Å². The van der Waals surface area contributed by atoms with E-state index in [-0.39, 0.29) is 5.41 Å². The maximum atomic E-state index is 4.95. The van der Waals surface area contributed by atoms with Gasteiger partial charge in [0.05, 0.1) is 0 Å². The molecule has 0 fully saturated rings. The Morgan fingerprint density at radius 2 is 0.978 bits per heavy atom. The van der Waals surface area contributed by atoms with Crippen LogP contribution in [0.3, 0.4) is 0 Å². The van der Waals surface area contributed by atoms with E-state index in [1.807, 2.05) is 72.0 Å². The minimum Gasteiger partial charge on any atom is -0.208 e. The van der Waals surface area contributed by atoms with Gasteiger partial charge in [-0.05, 0) is 57.6 Å². The van der Waals surface area contributed by atoms with Crippen molar-refractivity contribution >= 4 is 31.5 Å². The fraction of sp³-hybridized carbons (Fsp3) is 0.0714. The third kappa shape index (κ3) is 4.29. The minimum atomic E-state index is -0.0205. The molecule has 0 unspecified atom stereocenters. The molecule has 0 spiro atoms. The van der Waals surface area contributed by atoms with E-state index in [2.05, 4.69) is 92.7 Å². The van der Waals surface area contributed by atoms with Crippen LogP contribution < -0.4 is 0 Å². The first-order valence-electron chi connectivity index (χ1n) is 15.6. The lowest BCUT2D eigenvalue weighted by Gasteiger charge is -2.22. The Bertz CT molecular complexity index is 2380. The van der Waals surface area contributed by atoms with Crippen LogP contribution in [0, 0.1) is 0 Å². The van der Waals surface area contributed by atoms with Crippen LogP contribution >= 0.6 is 11.3 Å². The third-order valence-corrected chi connectivity index (χ3v) is 10.5. The molecule has 0 aliphatic heterocycles. The van der Waals surface area contributed by atoms with Gasteiger partial charge in [0.1, 0.15) is 0 Å².